The van der Waals surface area contributed by atoms with Crippen LogP contribution in [0.1, 0.15) is 39.7 Å². The van der Waals surface area contributed by atoms with E-state index in [2.05, 4.69) is 21.0 Å². The fourth-order valence-corrected chi connectivity index (χ4v) is 4.28. The molecule has 4 rings (SSSR count). The van der Waals surface area contributed by atoms with Crippen LogP contribution in [-0.4, -0.2) is 72.9 Å². The molecule has 13 nitrogen and oxygen atoms in total. The smallest absolute Gasteiger partial charge is 0.412 e. The average Bonchev–Trinajstić information content (AvgIpc) is 2.94. The number of rotatable bonds is 13. The molecule has 0 radical (unpaired) electrons. The Morgan fingerprint density at radius 1 is 0.977 bits per heavy atom. The van der Waals surface area contributed by atoms with Gasteiger partial charge in [-0.1, -0.05) is 0 Å². The summed E-state index contributed by atoms with van der Waals surface area (Å²) in [5.41, 5.74) is 0.472. The molecule has 230 valence electrons. The van der Waals surface area contributed by atoms with Crippen LogP contribution in [0.25, 0.3) is 10.8 Å². The second kappa shape index (κ2) is 14.6. The molecule has 2 aromatic carbocycles. The molecule has 3 N–H and O–H groups in total. The molecule has 1 aromatic heterocycles. The van der Waals surface area contributed by atoms with Crippen molar-refractivity contribution < 1.29 is 33.3 Å². The molecule has 0 aliphatic carbocycles. The van der Waals surface area contributed by atoms with Gasteiger partial charge in [0.15, 0.2) is 0 Å². The molecule has 1 unspecified atom stereocenters. The predicted octanol–water partition coefficient (Wildman–Crippen LogP) is 3.25. The van der Waals surface area contributed by atoms with Gasteiger partial charge in [0, 0.05) is 29.7 Å². The van der Waals surface area contributed by atoms with Gasteiger partial charge in [-0.25, -0.2) is 9.48 Å². The van der Waals surface area contributed by atoms with Crippen LogP contribution in [0.5, 0.6) is 5.75 Å². The Kier molecular flexibility index (Phi) is 10.7. The van der Waals surface area contributed by atoms with Crippen molar-refractivity contribution in [3.05, 3.63) is 59.0 Å². The van der Waals surface area contributed by atoms with Crippen LogP contribution in [-0.2, 0) is 23.8 Å². The van der Waals surface area contributed by atoms with Gasteiger partial charge in [-0.15, -0.1) is 0 Å². The molecule has 43 heavy (non-hydrogen) atoms. The maximum absolute atomic E-state index is 12.9. The zero-order valence-electron chi connectivity index (χ0n) is 24.5. The van der Waals surface area contributed by atoms with E-state index in [0.29, 0.717) is 61.8 Å². The second-order valence-electron chi connectivity index (χ2n) is 10.8. The number of piperidine rings is 1. The van der Waals surface area contributed by atoms with E-state index in [4.69, 9.17) is 18.9 Å². The molecule has 1 saturated heterocycles. The number of carbonyl (C=O) groups excluding carboxylic acids is 3. The Hall–Kier alpha value is -4.49. The zero-order chi connectivity index (χ0) is 30.8. The first kappa shape index (κ1) is 31.4. The standard InChI is InChI=1S/C30H37N5O8/c1-30(2,3)43-29(39)33-21-4-7-23(8-5-21)42-17-16-41-15-14-40-13-12-31-22-6-9-24-20(18-22)19-32-35(28(24)38)25-10-11-26(36)34-27(25)37/h4-9,18-19,25,31H,10-17H2,1-3H3,(H,33,39)(H,34,36,37). The lowest BCUT2D eigenvalue weighted by atomic mass is 10.1. The maximum Gasteiger partial charge on any atom is 0.412 e. The van der Waals surface area contributed by atoms with Gasteiger partial charge in [-0.05, 0) is 69.7 Å². The minimum Gasteiger partial charge on any atom is -0.491 e. The lowest BCUT2D eigenvalue weighted by Gasteiger charge is -2.21. The first-order valence-electron chi connectivity index (χ1n) is 14.1. The minimum atomic E-state index is -0.797. The highest BCUT2D eigenvalue weighted by Gasteiger charge is 2.29. The van der Waals surface area contributed by atoms with Crippen molar-refractivity contribution in [1.29, 1.82) is 0 Å². The summed E-state index contributed by atoms with van der Waals surface area (Å²) in [6.07, 6.45) is 1.44. The van der Waals surface area contributed by atoms with Crippen LogP contribution in [0, 0.1) is 0 Å². The van der Waals surface area contributed by atoms with Crippen molar-refractivity contribution in [3.8, 4) is 5.75 Å². The summed E-state index contributed by atoms with van der Waals surface area (Å²) in [7, 11) is 0. The number of ether oxygens (including phenoxy) is 4. The number of hydrogen-bond donors (Lipinski definition) is 3. The van der Waals surface area contributed by atoms with Crippen molar-refractivity contribution in [1.82, 2.24) is 15.1 Å². The van der Waals surface area contributed by atoms with E-state index >= 15 is 0 Å². The van der Waals surface area contributed by atoms with Crippen molar-refractivity contribution in [3.63, 3.8) is 0 Å². The molecule has 1 atom stereocenters. The molecule has 13 heteroatoms. The Morgan fingerprint density at radius 2 is 1.67 bits per heavy atom. The topological polar surface area (TPSA) is 159 Å². The molecule has 1 aliphatic heterocycles. The Balaban J connectivity index is 1.08. The number of benzene rings is 2. The highest BCUT2D eigenvalue weighted by molar-refractivity contribution is 5.99. The third-order valence-electron chi connectivity index (χ3n) is 6.26. The third-order valence-corrected chi connectivity index (χ3v) is 6.26. The van der Waals surface area contributed by atoms with E-state index in [0.717, 1.165) is 10.4 Å². The number of carbonyl (C=O) groups is 3. The number of amides is 3. The van der Waals surface area contributed by atoms with Crippen molar-refractivity contribution in [2.45, 2.75) is 45.3 Å². The number of fused-ring (bicyclic) bond motifs is 1. The largest absolute Gasteiger partial charge is 0.491 e. The summed E-state index contributed by atoms with van der Waals surface area (Å²) >= 11 is 0. The van der Waals surface area contributed by atoms with E-state index in [-0.39, 0.29) is 24.3 Å². The second-order valence-corrected chi connectivity index (χ2v) is 10.8. The van der Waals surface area contributed by atoms with Crippen LogP contribution in [0.15, 0.2) is 53.5 Å². The molecular weight excluding hydrogens is 558 g/mol. The van der Waals surface area contributed by atoms with E-state index in [9.17, 15) is 19.2 Å². The van der Waals surface area contributed by atoms with Crippen LogP contribution in [0.3, 0.4) is 0 Å². The maximum atomic E-state index is 12.9. The Morgan fingerprint density at radius 3 is 2.40 bits per heavy atom. The van der Waals surface area contributed by atoms with Crippen LogP contribution < -0.4 is 26.2 Å². The van der Waals surface area contributed by atoms with Gasteiger partial charge in [0.2, 0.25) is 5.91 Å². The molecule has 2 heterocycles. The number of hydrogen-bond acceptors (Lipinski definition) is 10. The molecule has 0 bridgehead atoms. The van der Waals surface area contributed by atoms with E-state index in [1.807, 2.05) is 6.07 Å². The van der Waals surface area contributed by atoms with Crippen molar-refractivity contribution >= 4 is 40.1 Å². The average molecular weight is 596 g/mol. The molecule has 0 saturated carbocycles. The fraction of sp³-hybridized carbons (Fsp3) is 0.433. The number of anilines is 2. The van der Waals surface area contributed by atoms with E-state index in [1.165, 1.54) is 0 Å². The predicted molar refractivity (Wildman–Crippen MR) is 159 cm³/mol. The van der Waals surface area contributed by atoms with Gasteiger partial charge in [-0.3, -0.25) is 25.0 Å². The summed E-state index contributed by atoms with van der Waals surface area (Å²) in [4.78, 5) is 48.3. The number of nitrogens with one attached hydrogen (secondary N) is 3. The lowest BCUT2D eigenvalue weighted by molar-refractivity contribution is -0.136. The van der Waals surface area contributed by atoms with Gasteiger partial charge in [0.05, 0.1) is 38.0 Å². The fourth-order valence-electron chi connectivity index (χ4n) is 4.28. The first-order valence-corrected chi connectivity index (χ1v) is 14.1. The van der Waals surface area contributed by atoms with Gasteiger partial charge >= 0.3 is 6.09 Å². The quantitative estimate of drug-likeness (QED) is 0.198. The van der Waals surface area contributed by atoms with Gasteiger partial charge in [0.25, 0.3) is 11.5 Å². The SMILES string of the molecule is CC(C)(C)OC(=O)Nc1ccc(OCCOCCOCCNc2ccc3c(=O)n(C4CCC(=O)NC4=O)ncc3c2)cc1. The molecule has 1 fully saturated rings. The van der Waals surface area contributed by atoms with Crippen LogP contribution in [0.4, 0.5) is 16.2 Å². The lowest BCUT2D eigenvalue weighted by Crippen LogP contribution is -2.45. The summed E-state index contributed by atoms with van der Waals surface area (Å²) in [5.74, 6) is -0.200. The zero-order valence-corrected chi connectivity index (χ0v) is 24.5. The van der Waals surface area contributed by atoms with E-state index in [1.54, 1.807) is 63.4 Å². The molecule has 1 aliphatic rings. The summed E-state index contributed by atoms with van der Waals surface area (Å²) < 4.78 is 23.2. The Bertz CT molecular complexity index is 1480. The van der Waals surface area contributed by atoms with Crippen LogP contribution >= 0.6 is 0 Å². The number of nitrogens with zero attached hydrogens (tertiary/aromatic N) is 2. The molecule has 3 amide bonds. The highest BCUT2D eigenvalue weighted by Crippen LogP contribution is 2.20. The number of imide groups is 1. The minimum absolute atomic E-state index is 0.169. The van der Waals surface area contributed by atoms with Crippen LogP contribution in [0.2, 0.25) is 0 Å². The summed E-state index contributed by atoms with van der Waals surface area (Å²) in [5, 5.41) is 13.4. The first-order chi connectivity index (χ1) is 20.6. The molecule has 0 spiro atoms. The third kappa shape index (κ3) is 9.51. The normalized spacial score (nSPS) is 15.2. The molecule has 3 aromatic rings. The van der Waals surface area contributed by atoms with Crippen molar-refractivity contribution in [2.24, 2.45) is 0 Å². The highest BCUT2D eigenvalue weighted by atomic mass is 16.6. The van der Waals surface area contributed by atoms with Gasteiger partial charge in [0.1, 0.15) is 24.0 Å². The van der Waals surface area contributed by atoms with Gasteiger partial charge in [-0.2, -0.15) is 5.10 Å². The van der Waals surface area contributed by atoms with Gasteiger partial charge < -0.3 is 24.3 Å². The summed E-state index contributed by atoms with van der Waals surface area (Å²) in [6, 6.07) is 11.5. The summed E-state index contributed by atoms with van der Waals surface area (Å²) in [6.45, 7) is 8.03. The molecular formula is C30H37N5O8. The van der Waals surface area contributed by atoms with Crippen molar-refractivity contribution in [2.75, 3.05) is 50.2 Å². The Labute approximate surface area is 248 Å². The van der Waals surface area contributed by atoms with E-state index < -0.39 is 23.6 Å². The number of aromatic nitrogens is 2. The monoisotopic (exact) mass is 595 g/mol.